The summed E-state index contributed by atoms with van der Waals surface area (Å²) in [7, 11) is 0. The highest BCUT2D eigenvalue weighted by molar-refractivity contribution is 5.76. The van der Waals surface area contributed by atoms with Crippen LogP contribution in [0.1, 0.15) is 38.5 Å². The molecule has 1 aromatic heterocycles. The zero-order chi connectivity index (χ0) is 19.2. The molecule has 148 valence electrons. The number of piperazine rings is 1. The fraction of sp³-hybridized carbons (Fsp3) is 0.500. The summed E-state index contributed by atoms with van der Waals surface area (Å²) in [6.07, 6.45) is 7.10. The van der Waals surface area contributed by atoms with Gasteiger partial charge in [-0.15, -0.1) is 10.2 Å². The summed E-state index contributed by atoms with van der Waals surface area (Å²) >= 11 is 0. The van der Waals surface area contributed by atoms with Crippen molar-refractivity contribution in [2.45, 2.75) is 38.5 Å². The number of hydrogen-bond donors (Lipinski definition) is 1. The number of hydrogen-bond acceptors (Lipinski definition) is 5. The Balaban J connectivity index is 1.24. The van der Waals surface area contributed by atoms with E-state index in [0.29, 0.717) is 12.3 Å². The number of aromatic nitrogens is 2. The Hall–Kier alpha value is -2.63. The molecular formula is C22H29N5O. The van der Waals surface area contributed by atoms with Crippen LogP contribution in [0.5, 0.6) is 0 Å². The smallest absolute Gasteiger partial charge is 0.222 e. The van der Waals surface area contributed by atoms with E-state index in [9.17, 15) is 4.79 Å². The van der Waals surface area contributed by atoms with Crippen molar-refractivity contribution in [1.29, 1.82) is 0 Å². The summed E-state index contributed by atoms with van der Waals surface area (Å²) < 4.78 is 0. The number of carbonyl (C=O) groups excluding carboxylic acids is 1. The van der Waals surface area contributed by atoms with Crippen molar-refractivity contribution in [3.8, 4) is 0 Å². The van der Waals surface area contributed by atoms with Crippen LogP contribution in [0.15, 0.2) is 42.5 Å². The van der Waals surface area contributed by atoms with Crippen LogP contribution >= 0.6 is 0 Å². The standard InChI is InChI=1S/C22H29N5O/c28-22(13-10-18-6-4-5-7-18)27-16-14-26(15-17-27)21-12-11-20(24-25-21)23-19-8-2-1-3-9-19/h1-3,8-9,11-12,18H,4-7,10,13-17H2,(H,23,24). The molecule has 2 fully saturated rings. The Kier molecular flexibility index (Phi) is 6.04. The van der Waals surface area contributed by atoms with Gasteiger partial charge < -0.3 is 15.1 Å². The van der Waals surface area contributed by atoms with Crippen LogP contribution in [-0.4, -0.2) is 47.2 Å². The van der Waals surface area contributed by atoms with Crippen molar-refractivity contribution in [1.82, 2.24) is 15.1 Å². The summed E-state index contributed by atoms with van der Waals surface area (Å²) in [5.74, 6) is 2.70. The molecule has 1 N–H and O–H groups in total. The first kappa shape index (κ1) is 18.7. The first-order chi connectivity index (χ1) is 13.8. The molecule has 0 radical (unpaired) electrons. The van der Waals surface area contributed by atoms with Gasteiger partial charge in [-0.3, -0.25) is 4.79 Å². The lowest BCUT2D eigenvalue weighted by molar-refractivity contribution is -0.131. The second-order valence-corrected chi connectivity index (χ2v) is 7.82. The molecule has 0 spiro atoms. The van der Waals surface area contributed by atoms with Crippen LogP contribution in [0.3, 0.4) is 0 Å². The summed E-state index contributed by atoms with van der Waals surface area (Å²) in [4.78, 5) is 16.7. The van der Waals surface area contributed by atoms with Gasteiger partial charge in [0.05, 0.1) is 0 Å². The van der Waals surface area contributed by atoms with Gasteiger partial charge in [0.1, 0.15) is 0 Å². The van der Waals surface area contributed by atoms with E-state index >= 15 is 0 Å². The first-order valence-electron chi connectivity index (χ1n) is 10.5. The molecule has 0 atom stereocenters. The minimum absolute atomic E-state index is 0.319. The molecule has 1 aliphatic carbocycles. The second-order valence-electron chi connectivity index (χ2n) is 7.82. The van der Waals surface area contributed by atoms with Gasteiger partial charge in [-0.05, 0) is 36.6 Å². The Morgan fingerprint density at radius 3 is 2.39 bits per heavy atom. The first-order valence-corrected chi connectivity index (χ1v) is 10.5. The number of para-hydroxylation sites is 1. The van der Waals surface area contributed by atoms with Gasteiger partial charge >= 0.3 is 0 Å². The number of nitrogens with one attached hydrogen (secondary N) is 1. The molecule has 6 nitrogen and oxygen atoms in total. The number of amides is 1. The highest BCUT2D eigenvalue weighted by Crippen LogP contribution is 2.28. The van der Waals surface area contributed by atoms with Gasteiger partial charge in [-0.1, -0.05) is 43.9 Å². The Morgan fingerprint density at radius 2 is 1.71 bits per heavy atom. The molecule has 0 bridgehead atoms. The van der Waals surface area contributed by atoms with Crippen molar-refractivity contribution < 1.29 is 4.79 Å². The van der Waals surface area contributed by atoms with Crippen LogP contribution in [0.2, 0.25) is 0 Å². The molecule has 2 aliphatic rings. The van der Waals surface area contributed by atoms with E-state index in [4.69, 9.17) is 0 Å². The normalized spacial score (nSPS) is 17.7. The fourth-order valence-electron chi connectivity index (χ4n) is 4.20. The van der Waals surface area contributed by atoms with Gasteiger partial charge in [-0.2, -0.15) is 0 Å². The molecule has 2 aromatic rings. The van der Waals surface area contributed by atoms with Crippen molar-refractivity contribution in [3.63, 3.8) is 0 Å². The SMILES string of the molecule is O=C(CCC1CCCC1)N1CCN(c2ccc(Nc3ccccc3)nn2)CC1. The fourth-order valence-corrected chi connectivity index (χ4v) is 4.20. The molecule has 1 saturated carbocycles. The molecule has 6 heteroatoms. The van der Waals surface area contributed by atoms with Crippen LogP contribution in [0.25, 0.3) is 0 Å². The molecule has 1 aliphatic heterocycles. The summed E-state index contributed by atoms with van der Waals surface area (Å²) in [6.45, 7) is 3.18. The minimum atomic E-state index is 0.319. The summed E-state index contributed by atoms with van der Waals surface area (Å²) in [6, 6.07) is 13.9. The zero-order valence-electron chi connectivity index (χ0n) is 16.4. The lowest BCUT2D eigenvalue weighted by Crippen LogP contribution is -2.49. The van der Waals surface area contributed by atoms with Gasteiger partial charge in [0.15, 0.2) is 11.6 Å². The summed E-state index contributed by atoms with van der Waals surface area (Å²) in [5, 5.41) is 11.9. The molecule has 1 aromatic carbocycles. The van der Waals surface area contributed by atoms with E-state index in [1.807, 2.05) is 47.4 Å². The van der Waals surface area contributed by atoms with Crippen molar-refractivity contribution >= 4 is 23.2 Å². The molecule has 28 heavy (non-hydrogen) atoms. The topological polar surface area (TPSA) is 61.4 Å². The van der Waals surface area contributed by atoms with Crippen LogP contribution in [-0.2, 0) is 4.79 Å². The van der Waals surface area contributed by atoms with Gasteiger partial charge in [0.2, 0.25) is 5.91 Å². The van der Waals surface area contributed by atoms with Crippen LogP contribution in [0.4, 0.5) is 17.3 Å². The van der Waals surface area contributed by atoms with E-state index in [-0.39, 0.29) is 0 Å². The Bertz CT molecular complexity index is 750. The van der Waals surface area contributed by atoms with E-state index < -0.39 is 0 Å². The average molecular weight is 380 g/mol. The molecule has 2 heterocycles. The Labute approximate surface area is 166 Å². The quantitative estimate of drug-likeness (QED) is 0.826. The minimum Gasteiger partial charge on any atom is -0.352 e. The number of anilines is 3. The highest BCUT2D eigenvalue weighted by atomic mass is 16.2. The van der Waals surface area contributed by atoms with E-state index in [0.717, 1.165) is 55.8 Å². The maximum absolute atomic E-state index is 12.5. The molecular weight excluding hydrogens is 350 g/mol. The maximum atomic E-state index is 12.5. The van der Waals surface area contributed by atoms with Gasteiger partial charge in [-0.25, -0.2) is 0 Å². The number of benzene rings is 1. The molecule has 1 amide bonds. The third kappa shape index (κ3) is 4.80. The predicted molar refractivity (Wildman–Crippen MR) is 112 cm³/mol. The van der Waals surface area contributed by atoms with Crippen LogP contribution < -0.4 is 10.2 Å². The maximum Gasteiger partial charge on any atom is 0.222 e. The van der Waals surface area contributed by atoms with Crippen molar-refractivity contribution in [2.75, 3.05) is 36.4 Å². The summed E-state index contributed by atoms with van der Waals surface area (Å²) in [5.41, 5.74) is 0.995. The molecule has 1 saturated heterocycles. The van der Waals surface area contributed by atoms with E-state index in [2.05, 4.69) is 20.4 Å². The van der Waals surface area contributed by atoms with Gasteiger partial charge in [0, 0.05) is 38.3 Å². The number of nitrogens with zero attached hydrogens (tertiary/aromatic N) is 4. The largest absolute Gasteiger partial charge is 0.352 e. The zero-order valence-corrected chi connectivity index (χ0v) is 16.4. The average Bonchev–Trinajstić information content (AvgIpc) is 3.27. The third-order valence-electron chi connectivity index (χ3n) is 5.89. The van der Waals surface area contributed by atoms with Crippen molar-refractivity contribution in [2.24, 2.45) is 5.92 Å². The molecule has 0 unspecified atom stereocenters. The number of carbonyl (C=O) groups is 1. The van der Waals surface area contributed by atoms with Gasteiger partial charge in [0.25, 0.3) is 0 Å². The second kappa shape index (κ2) is 9.04. The number of rotatable bonds is 6. The predicted octanol–water partition coefficient (Wildman–Crippen LogP) is 3.84. The third-order valence-corrected chi connectivity index (χ3v) is 5.89. The monoisotopic (exact) mass is 379 g/mol. The van der Waals surface area contributed by atoms with E-state index in [1.54, 1.807) is 0 Å². The Morgan fingerprint density at radius 1 is 0.964 bits per heavy atom. The lowest BCUT2D eigenvalue weighted by atomic mass is 10.0. The highest BCUT2D eigenvalue weighted by Gasteiger charge is 2.23. The van der Waals surface area contributed by atoms with E-state index in [1.165, 1.54) is 25.7 Å². The van der Waals surface area contributed by atoms with Crippen molar-refractivity contribution in [3.05, 3.63) is 42.5 Å². The van der Waals surface area contributed by atoms with Crippen LogP contribution in [0, 0.1) is 5.92 Å². The molecule has 4 rings (SSSR count). The lowest BCUT2D eigenvalue weighted by Gasteiger charge is -2.35.